The van der Waals surface area contributed by atoms with Crippen molar-refractivity contribution in [2.24, 2.45) is 0 Å². The number of carbonyl (C=O) groups is 1. The van der Waals surface area contributed by atoms with Crippen molar-refractivity contribution in [2.45, 2.75) is 34.7 Å². The number of hydrogen-bond donors (Lipinski definition) is 2. The summed E-state index contributed by atoms with van der Waals surface area (Å²) in [5.74, 6) is -0.234. The molecule has 2 N–H and O–H groups in total. The molecule has 0 aliphatic heterocycles. The molecule has 5 nitrogen and oxygen atoms in total. The molecule has 0 atom stereocenters. The van der Waals surface area contributed by atoms with E-state index in [2.05, 4.69) is 55.8 Å². The number of aryl methyl sites for hydroxylation is 2. The zero-order valence-corrected chi connectivity index (χ0v) is 24.1. The third kappa shape index (κ3) is 6.12. The minimum Gasteiger partial charge on any atom is -0.0556 e. The number of amides is 1. The minimum absolute atomic E-state index is 0.234. The van der Waals surface area contributed by atoms with Crippen molar-refractivity contribution < 1.29 is 4.79 Å². The Morgan fingerprint density at radius 1 is 1.03 bits per heavy atom. The second-order valence-electron chi connectivity index (χ2n) is 9.50. The Labute approximate surface area is 220 Å². The molecular formula is C30H31N4OSn. The number of fused-ring (bicyclic) bond motifs is 1. The van der Waals surface area contributed by atoms with Gasteiger partial charge in [-0.05, 0) is 25.5 Å². The maximum atomic E-state index is 13.1. The molecule has 0 saturated carbocycles. The van der Waals surface area contributed by atoms with E-state index in [0.29, 0.717) is 16.8 Å². The van der Waals surface area contributed by atoms with E-state index in [-0.39, 0.29) is 5.91 Å². The third-order valence-electron chi connectivity index (χ3n) is 6.25. The summed E-state index contributed by atoms with van der Waals surface area (Å²) < 4.78 is 1.35. The summed E-state index contributed by atoms with van der Waals surface area (Å²) in [5, 5.41) is 17.0. The molecule has 4 rings (SSSR count). The summed E-state index contributed by atoms with van der Waals surface area (Å²) in [6, 6.07) is 22.4. The first kappa shape index (κ1) is 25.9. The van der Waals surface area contributed by atoms with Crippen molar-refractivity contribution in [3.8, 4) is 17.2 Å². The molecular weight excluding hydrogens is 551 g/mol. The Morgan fingerprint density at radius 3 is 2.58 bits per heavy atom. The number of hydrogen-bond acceptors (Lipinski definition) is 4. The largest absolute Gasteiger partial charge is 0.0556 e. The van der Waals surface area contributed by atoms with Gasteiger partial charge in [-0.1, -0.05) is 17.7 Å². The van der Waals surface area contributed by atoms with Crippen LogP contribution in [-0.2, 0) is 6.54 Å². The topological polar surface area (TPSA) is 77.8 Å². The zero-order valence-electron chi connectivity index (χ0n) is 21.3. The fourth-order valence-corrected chi connectivity index (χ4v) is 6.21. The second-order valence-corrected chi connectivity index (χ2v) is 17.8. The molecule has 0 fully saturated rings. The molecule has 0 bridgehead atoms. The molecule has 0 spiro atoms. The van der Waals surface area contributed by atoms with Crippen LogP contribution in [0.5, 0.6) is 0 Å². The Hall–Kier alpha value is -3.21. The van der Waals surface area contributed by atoms with Crippen LogP contribution in [0, 0.1) is 25.2 Å². The molecule has 0 aliphatic carbocycles. The van der Waals surface area contributed by atoms with E-state index < -0.39 is 19.8 Å². The molecule has 0 unspecified atom stereocenters. The maximum absolute atomic E-state index is 13.1. The molecule has 0 aliphatic rings. The fraction of sp³-hybridized carbons (Fsp3) is 0.233. The summed E-state index contributed by atoms with van der Waals surface area (Å²) in [7, 11) is 0. The van der Waals surface area contributed by atoms with Crippen molar-refractivity contribution in [3.05, 3.63) is 94.7 Å². The summed E-state index contributed by atoms with van der Waals surface area (Å²) in [5.41, 5.74) is 7.56. The number of carbonyl (C=O) groups excluding carboxylic acids is 1. The quantitative estimate of drug-likeness (QED) is 0.184. The summed E-state index contributed by atoms with van der Waals surface area (Å²) >= 11 is -1.05. The van der Waals surface area contributed by atoms with Gasteiger partial charge in [0.1, 0.15) is 6.07 Å². The van der Waals surface area contributed by atoms with Crippen molar-refractivity contribution >= 4 is 42.3 Å². The number of aromatic nitrogens is 1. The van der Waals surface area contributed by atoms with Crippen molar-refractivity contribution in [1.29, 1.82) is 5.26 Å². The van der Waals surface area contributed by atoms with Crippen LogP contribution in [0.2, 0.25) is 14.3 Å². The molecule has 1 aromatic heterocycles. The van der Waals surface area contributed by atoms with E-state index >= 15 is 0 Å². The Kier molecular flexibility index (Phi) is 8.39. The van der Waals surface area contributed by atoms with Crippen LogP contribution in [-0.4, -0.2) is 37.2 Å². The monoisotopic (exact) mass is 583 g/mol. The molecule has 1 radical (unpaired) electrons. The van der Waals surface area contributed by atoms with E-state index in [1.807, 2.05) is 50.2 Å². The van der Waals surface area contributed by atoms with Crippen LogP contribution < -0.4 is 10.6 Å². The van der Waals surface area contributed by atoms with E-state index in [1.165, 1.54) is 16.2 Å². The number of nitrogens with zero attached hydrogens (tertiary/aromatic N) is 2. The van der Waals surface area contributed by atoms with Gasteiger partial charge in [-0.25, -0.2) is 0 Å². The Morgan fingerprint density at radius 2 is 1.83 bits per heavy atom. The van der Waals surface area contributed by atoms with Crippen LogP contribution in [0.15, 0.2) is 66.9 Å². The first-order chi connectivity index (χ1) is 17.4. The number of rotatable bonds is 8. The number of pyridine rings is 1. The third-order valence-corrected chi connectivity index (χ3v) is 9.81. The van der Waals surface area contributed by atoms with Crippen LogP contribution in [0.3, 0.4) is 0 Å². The number of benzene rings is 3. The maximum Gasteiger partial charge on any atom is -0.0381 e. The van der Waals surface area contributed by atoms with Gasteiger partial charge in [-0.15, -0.1) is 0 Å². The molecule has 3 aromatic carbocycles. The van der Waals surface area contributed by atoms with Gasteiger partial charge in [0, 0.05) is 5.56 Å². The van der Waals surface area contributed by atoms with Crippen LogP contribution in [0.25, 0.3) is 22.0 Å². The van der Waals surface area contributed by atoms with Gasteiger partial charge in [-0.3, -0.25) is 4.79 Å². The molecule has 1 amide bonds. The fourth-order valence-electron chi connectivity index (χ4n) is 4.27. The van der Waals surface area contributed by atoms with Crippen molar-refractivity contribution in [2.75, 3.05) is 11.9 Å². The molecule has 181 valence electrons. The van der Waals surface area contributed by atoms with E-state index in [1.54, 1.807) is 0 Å². The molecule has 1 heterocycles. The molecule has 0 saturated heterocycles. The Balaban J connectivity index is 1.62. The first-order valence-corrected chi connectivity index (χ1v) is 19.9. The smallest absolute Gasteiger partial charge is 0.0381 e. The first-order valence-electron chi connectivity index (χ1n) is 12.2. The van der Waals surface area contributed by atoms with Gasteiger partial charge in [0.25, 0.3) is 5.91 Å². The normalized spacial score (nSPS) is 11.0. The standard InChI is InChI=1S/C28H25N4O.2CH3.Sn/c1-4-30-16-20-6-5-7-21(13-20)22-9-11-25-26(14-22)31-17-23(15-29)27(25)32-28(33)24-10-8-18(2)12-19(24)3;;;/h5-14,17,30H,1,4,16H2,2-3H3,(H,31,32,33);2*1H3;. The average Bonchev–Trinajstić information content (AvgIpc) is 2.86. The molecule has 36 heavy (non-hydrogen) atoms. The van der Waals surface area contributed by atoms with Crippen LogP contribution in [0.1, 0.15) is 32.6 Å². The van der Waals surface area contributed by atoms with Gasteiger partial charge >= 0.3 is 139 Å². The number of nitrogens with one attached hydrogen (secondary N) is 2. The van der Waals surface area contributed by atoms with Crippen molar-refractivity contribution in [3.63, 3.8) is 0 Å². The van der Waals surface area contributed by atoms with Crippen molar-refractivity contribution in [1.82, 2.24) is 10.3 Å². The number of anilines is 1. The average molecular weight is 582 g/mol. The SMILES string of the molecule is Cc1ccc(C(=O)Nc2c(C#N)cnc3cc(-c4cccc(CNC[CH2][Sn]([CH3])[CH3])c4)ccc23)c(C)c1. The molecule has 4 aromatic rings. The summed E-state index contributed by atoms with van der Waals surface area (Å²) in [4.78, 5) is 22.5. The summed E-state index contributed by atoms with van der Waals surface area (Å²) in [6.45, 7) is 5.86. The zero-order chi connectivity index (χ0) is 25.7. The van der Waals surface area contributed by atoms with Gasteiger partial charge < -0.3 is 5.32 Å². The van der Waals surface area contributed by atoms with Crippen LogP contribution in [0.4, 0.5) is 5.69 Å². The van der Waals surface area contributed by atoms with Gasteiger partial charge in [-0.2, -0.15) is 5.26 Å². The predicted octanol–water partition coefficient (Wildman–Crippen LogP) is 6.49. The van der Waals surface area contributed by atoms with Gasteiger partial charge in [0.15, 0.2) is 0 Å². The van der Waals surface area contributed by atoms with E-state index in [0.717, 1.165) is 46.2 Å². The van der Waals surface area contributed by atoms with Gasteiger partial charge in [0.05, 0.1) is 5.56 Å². The van der Waals surface area contributed by atoms with E-state index in [9.17, 15) is 10.1 Å². The second kappa shape index (κ2) is 11.7. The minimum atomic E-state index is -1.05. The predicted molar refractivity (Wildman–Crippen MR) is 150 cm³/mol. The Bertz CT molecular complexity index is 1460. The number of nitriles is 1. The summed E-state index contributed by atoms with van der Waals surface area (Å²) in [6.07, 6.45) is 1.53. The van der Waals surface area contributed by atoms with Crippen LogP contribution >= 0.6 is 0 Å². The van der Waals surface area contributed by atoms with Gasteiger partial charge in [0.2, 0.25) is 0 Å². The van der Waals surface area contributed by atoms with E-state index in [4.69, 9.17) is 0 Å². The molecule has 6 heteroatoms.